The molecule has 24 heavy (non-hydrogen) atoms. The van der Waals surface area contributed by atoms with Gasteiger partial charge >= 0.3 is 5.97 Å². The van der Waals surface area contributed by atoms with Crippen LogP contribution in [0.25, 0.3) is 0 Å². The third-order valence-electron chi connectivity index (χ3n) is 2.68. The zero-order valence-corrected chi connectivity index (χ0v) is 17.9. The second-order valence-electron chi connectivity index (χ2n) is 4.30. The Hall–Kier alpha value is -0.930. The molecule has 0 saturated carbocycles. The Morgan fingerprint density at radius 3 is 2.00 bits per heavy atom. The number of carbonyl (C=O) groups is 3. The lowest BCUT2D eigenvalue weighted by molar-refractivity contribution is -0.141. The highest BCUT2D eigenvalue weighted by molar-refractivity contribution is 9.19. The average molecular weight is 532 g/mol. The third-order valence-corrected chi connectivity index (χ3v) is 4.73. The van der Waals surface area contributed by atoms with Crippen LogP contribution < -0.4 is 10.1 Å². The molecule has 1 rings (SSSR count). The molecular weight excluding hydrogens is 514 g/mol. The summed E-state index contributed by atoms with van der Waals surface area (Å²) in [6.45, 7) is 0. The van der Waals surface area contributed by atoms with Crippen molar-refractivity contribution in [3.63, 3.8) is 0 Å². The summed E-state index contributed by atoms with van der Waals surface area (Å²) in [6, 6.07) is 6.75. The molecule has 1 amide bonds. The molecule has 1 aromatic carbocycles. The summed E-state index contributed by atoms with van der Waals surface area (Å²) in [5.41, 5.74) is 0.820. The zero-order valence-electron chi connectivity index (χ0n) is 13.2. The number of ether oxygens (including phenoxy) is 2. The van der Waals surface area contributed by atoms with Gasteiger partial charge in [0.05, 0.1) is 37.3 Å². The Morgan fingerprint density at radius 2 is 1.62 bits per heavy atom. The van der Waals surface area contributed by atoms with E-state index in [2.05, 4.69) is 57.8 Å². The topological polar surface area (TPSA) is 81.7 Å². The van der Waals surface area contributed by atoms with Crippen molar-refractivity contribution in [3.05, 3.63) is 29.8 Å². The molecule has 0 unspecified atom stereocenters. The largest absolute Gasteiger partial charge is 0.497 e. The molecule has 0 aliphatic carbocycles. The fourth-order valence-corrected chi connectivity index (χ4v) is 1.73. The minimum Gasteiger partial charge on any atom is -0.497 e. The zero-order chi connectivity index (χ0) is 18.5. The highest BCUT2D eigenvalue weighted by Gasteiger charge is 2.18. The van der Waals surface area contributed by atoms with Crippen molar-refractivity contribution >= 4 is 64.4 Å². The molecule has 1 atom stereocenters. The van der Waals surface area contributed by atoms with E-state index in [0.29, 0.717) is 11.1 Å². The Kier molecular flexibility index (Phi) is 12.9. The van der Waals surface area contributed by atoms with Crippen LogP contribution in [0.4, 0.5) is 0 Å². The monoisotopic (exact) mass is 529 g/mol. The molecule has 0 radical (unpaired) electrons. The van der Waals surface area contributed by atoms with Gasteiger partial charge in [0.2, 0.25) is 10.6 Å². The van der Waals surface area contributed by atoms with Gasteiger partial charge in [-0.2, -0.15) is 0 Å². The summed E-state index contributed by atoms with van der Waals surface area (Å²) in [5.74, 6) is 0.146. The summed E-state index contributed by atoms with van der Waals surface area (Å²) in [6.07, 6.45) is 0.0849. The number of amides is 1. The smallest absolute Gasteiger partial charge is 0.307 e. The van der Waals surface area contributed by atoms with Gasteiger partial charge in [-0.15, -0.1) is 0 Å². The van der Waals surface area contributed by atoms with E-state index >= 15 is 0 Å². The van der Waals surface area contributed by atoms with Gasteiger partial charge in [-0.05, 0) is 33.6 Å². The van der Waals surface area contributed by atoms with Crippen LogP contribution in [0, 0.1) is 0 Å². The number of rotatable bonds is 7. The highest BCUT2D eigenvalue weighted by atomic mass is 79.9. The first-order chi connectivity index (χ1) is 11.4. The Labute approximate surface area is 166 Å². The Morgan fingerprint density at radius 1 is 1.08 bits per heavy atom. The van der Waals surface area contributed by atoms with E-state index in [9.17, 15) is 14.4 Å². The van der Waals surface area contributed by atoms with Gasteiger partial charge in [0.1, 0.15) is 5.75 Å². The van der Waals surface area contributed by atoms with Gasteiger partial charge in [-0.25, -0.2) is 0 Å². The van der Waals surface area contributed by atoms with Crippen molar-refractivity contribution in [2.45, 2.75) is 12.5 Å². The van der Waals surface area contributed by atoms with Crippen LogP contribution in [0.15, 0.2) is 24.3 Å². The first-order valence-electron chi connectivity index (χ1n) is 6.68. The number of alkyl halides is 2. The molecule has 1 aromatic rings. The van der Waals surface area contributed by atoms with Crippen molar-refractivity contribution in [1.82, 2.24) is 5.32 Å². The van der Waals surface area contributed by atoms with E-state index in [-0.39, 0.29) is 28.3 Å². The number of halogens is 3. The van der Waals surface area contributed by atoms with Gasteiger partial charge in [-0.1, -0.05) is 44.0 Å². The number of carbonyl (C=O) groups excluding carboxylic acids is 3. The molecular formula is C15H18Br3NO5. The number of benzene rings is 1. The summed E-state index contributed by atoms with van der Waals surface area (Å²) < 4.78 is 9.69. The van der Waals surface area contributed by atoms with Crippen molar-refractivity contribution in [1.29, 1.82) is 0 Å². The summed E-state index contributed by atoms with van der Waals surface area (Å²) in [7, 11) is 2.90. The van der Waals surface area contributed by atoms with E-state index in [1.54, 1.807) is 31.4 Å². The maximum Gasteiger partial charge on any atom is 0.307 e. The summed E-state index contributed by atoms with van der Waals surface area (Å²) >= 11 is 8.68. The van der Waals surface area contributed by atoms with Crippen LogP contribution in [0.3, 0.4) is 0 Å². The number of esters is 1. The van der Waals surface area contributed by atoms with Crippen LogP contribution in [-0.4, -0.2) is 41.4 Å². The lowest BCUT2D eigenvalue weighted by Crippen LogP contribution is -2.31. The van der Waals surface area contributed by atoms with Crippen LogP contribution in [-0.2, 0) is 19.1 Å². The SMILES string of the molecule is COC(=O)C[C@H](NC(=O)CBr)c1ccc(OC)cc1.O=C(Br)CBr. The minimum atomic E-state index is -0.414. The standard InChI is InChI=1S/C13H16BrNO4.C2H2Br2O/c1-18-10-5-3-9(4-6-10)11(7-13(17)19-2)15-12(16)8-14;3-1-2(4)5/h3-6,11H,7-8H2,1-2H3,(H,15,16);1H2/t11-;/m0./s1. The predicted octanol–water partition coefficient (Wildman–Crippen LogP) is 3.11. The number of hydrogen-bond donors (Lipinski definition) is 1. The Balaban J connectivity index is 0.000000922. The van der Waals surface area contributed by atoms with Gasteiger partial charge in [0.25, 0.3) is 0 Å². The van der Waals surface area contributed by atoms with E-state index < -0.39 is 6.04 Å². The summed E-state index contributed by atoms with van der Waals surface area (Å²) in [5, 5.41) is 3.34. The maximum atomic E-state index is 11.5. The normalized spacial score (nSPS) is 10.7. The van der Waals surface area contributed by atoms with Crippen molar-refractivity contribution < 1.29 is 23.9 Å². The van der Waals surface area contributed by atoms with E-state index in [0.717, 1.165) is 5.56 Å². The maximum absolute atomic E-state index is 11.5. The number of hydrogen-bond acceptors (Lipinski definition) is 5. The average Bonchev–Trinajstić information content (AvgIpc) is 2.61. The first-order valence-corrected chi connectivity index (χ1v) is 9.71. The molecule has 6 nitrogen and oxygen atoms in total. The molecule has 134 valence electrons. The van der Waals surface area contributed by atoms with Crippen molar-refractivity contribution in [2.75, 3.05) is 24.9 Å². The molecule has 1 N–H and O–H groups in total. The third kappa shape index (κ3) is 10.0. The van der Waals surface area contributed by atoms with Gasteiger partial charge in [0, 0.05) is 0 Å². The lowest BCUT2D eigenvalue weighted by atomic mass is 10.0. The molecule has 0 aromatic heterocycles. The number of nitrogens with one attached hydrogen (secondary N) is 1. The number of methoxy groups -OCH3 is 2. The van der Waals surface area contributed by atoms with Crippen LogP contribution >= 0.6 is 47.8 Å². The molecule has 0 spiro atoms. The van der Waals surface area contributed by atoms with Crippen molar-refractivity contribution in [2.24, 2.45) is 0 Å². The van der Waals surface area contributed by atoms with E-state index in [4.69, 9.17) is 4.74 Å². The summed E-state index contributed by atoms with van der Waals surface area (Å²) in [4.78, 5) is 32.5. The van der Waals surface area contributed by atoms with Crippen LogP contribution in [0.1, 0.15) is 18.0 Å². The van der Waals surface area contributed by atoms with Crippen LogP contribution in [0.2, 0.25) is 0 Å². The molecule has 0 fully saturated rings. The fourth-order valence-electron chi connectivity index (χ4n) is 1.57. The molecule has 0 bridgehead atoms. The molecule has 0 aliphatic heterocycles. The quantitative estimate of drug-likeness (QED) is 0.332. The fraction of sp³-hybridized carbons (Fsp3) is 0.400. The molecule has 9 heteroatoms. The second-order valence-corrected chi connectivity index (χ2v) is 6.30. The molecule has 0 aliphatic rings. The minimum absolute atomic E-state index is 0.0162. The van der Waals surface area contributed by atoms with Crippen LogP contribution in [0.5, 0.6) is 5.75 Å². The van der Waals surface area contributed by atoms with E-state index in [1.807, 2.05) is 0 Å². The first kappa shape index (κ1) is 23.1. The predicted molar refractivity (Wildman–Crippen MR) is 102 cm³/mol. The Bertz CT molecular complexity index is 518. The van der Waals surface area contributed by atoms with Gasteiger partial charge < -0.3 is 14.8 Å². The van der Waals surface area contributed by atoms with Crippen molar-refractivity contribution in [3.8, 4) is 5.75 Å². The molecule has 0 saturated heterocycles. The second kappa shape index (κ2) is 13.4. The van der Waals surface area contributed by atoms with Gasteiger partial charge in [0.15, 0.2) is 0 Å². The van der Waals surface area contributed by atoms with Gasteiger partial charge in [-0.3, -0.25) is 14.4 Å². The highest BCUT2D eigenvalue weighted by Crippen LogP contribution is 2.20. The van der Waals surface area contributed by atoms with E-state index in [1.165, 1.54) is 7.11 Å². The lowest BCUT2D eigenvalue weighted by Gasteiger charge is -2.18. The molecule has 0 heterocycles.